The average Bonchev–Trinajstić information content (AvgIpc) is 2.85. The van der Waals surface area contributed by atoms with Crippen LogP contribution >= 0.6 is 11.6 Å². The van der Waals surface area contributed by atoms with Gasteiger partial charge in [0.15, 0.2) is 0 Å². The number of carbonyl (C=O) groups excluding carboxylic acids is 1. The van der Waals surface area contributed by atoms with E-state index in [2.05, 4.69) is 0 Å². The second kappa shape index (κ2) is 6.15. The number of carbonyl (C=O) groups is 1. The van der Waals surface area contributed by atoms with Crippen molar-refractivity contribution in [1.29, 1.82) is 0 Å². The van der Waals surface area contributed by atoms with E-state index in [1.807, 2.05) is 49.2 Å². The zero-order valence-electron chi connectivity index (χ0n) is 12.7. The van der Waals surface area contributed by atoms with Gasteiger partial charge in [-0.1, -0.05) is 41.9 Å². The zero-order valence-corrected chi connectivity index (χ0v) is 13.5. The number of aromatic nitrogens is 1. The lowest BCUT2D eigenvalue weighted by atomic mass is 10.1. The molecule has 0 N–H and O–H groups in total. The standard InChI is InChI=1S/C17H19ClN2O2/c1-12-9-20(17(21)15-8-14(18)10-19(15)2)11-16(22-12)13-6-4-3-5-7-13/h3-8,10,12,16H,9,11H2,1-2H3/t12-,16+/m0/s1. The fraction of sp³-hybridized carbons (Fsp3) is 0.353. The summed E-state index contributed by atoms with van der Waals surface area (Å²) in [6, 6.07) is 11.7. The Kier molecular flexibility index (Phi) is 4.23. The van der Waals surface area contributed by atoms with Crippen LogP contribution in [0.25, 0.3) is 0 Å². The van der Waals surface area contributed by atoms with Crippen molar-refractivity contribution in [3.63, 3.8) is 0 Å². The Morgan fingerprint density at radius 2 is 2.00 bits per heavy atom. The molecule has 2 aromatic rings. The number of nitrogens with zero attached hydrogens (tertiary/aromatic N) is 2. The summed E-state index contributed by atoms with van der Waals surface area (Å²) in [5, 5.41) is 0.576. The first-order chi connectivity index (χ1) is 10.5. The van der Waals surface area contributed by atoms with Crippen LogP contribution in [0.4, 0.5) is 0 Å². The maximum atomic E-state index is 12.7. The van der Waals surface area contributed by atoms with Crippen LogP contribution in [0.1, 0.15) is 29.1 Å². The van der Waals surface area contributed by atoms with Crippen molar-refractivity contribution in [2.75, 3.05) is 13.1 Å². The smallest absolute Gasteiger partial charge is 0.270 e. The van der Waals surface area contributed by atoms with E-state index in [0.717, 1.165) is 5.56 Å². The summed E-state index contributed by atoms with van der Waals surface area (Å²) < 4.78 is 7.76. The molecule has 1 aliphatic heterocycles. The largest absolute Gasteiger partial charge is 0.367 e. The molecule has 0 bridgehead atoms. The third kappa shape index (κ3) is 3.03. The van der Waals surface area contributed by atoms with Crippen molar-refractivity contribution >= 4 is 17.5 Å². The van der Waals surface area contributed by atoms with E-state index in [4.69, 9.17) is 16.3 Å². The lowest BCUT2D eigenvalue weighted by Crippen LogP contribution is -2.46. The van der Waals surface area contributed by atoms with Crippen molar-refractivity contribution < 1.29 is 9.53 Å². The topological polar surface area (TPSA) is 34.5 Å². The zero-order chi connectivity index (χ0) is 15.7. The number of morpholine rings is 1. The Morgan fingerprint density at radius 3 is 2.64 bits per heavy atom. The minimum atomic E-state index is -0.0929. The number of aryl methyl sites for hydroxylation is 1. The second-order valence-corrected chi connectivity index (χ2v) is 6.15. The molecule has 1 aromatic carbocycles. The first-order valence-corrected chi connectivity index (χ1v) is 7.74. The Labute approximate surface area is 135 Å². The highest BCUT2D eigenvalue weighted by molar-refractivity contribution is 6.31. The summed E-state index contributed by atoms with van der Waals surface area (Å²) >= 11 is 5.99. The van der Waals surface area contributed by atoms with Gasteiger partial charge in [-0.2, -0.15) is 0 Å². The molecule has 2 atom stereocenters. The van der Waals surface area contributed by atoms with Gasteiger partial charge in [0.25, 0.3) is 5.91 Å². The number of benzene rings is 1. The van der Waals surface area contributed by atoms with Crippen molar-refractivity contribution in [3.8, 4) is 0 Å². The first kappa shape index (κ1) is 15.1. The molecule has 0 saturated carbocycles. The average molecular weight is 319 g/mol. The van der Waals surface area contributed by atoms with Gasteiger partial charge < -0.3 is 14.2 Å². The molecule has 2 heterocycles. The number of hydrogen-bond donors (Lipinski definition) is 0. The van der Waals surface area contributed by atoms with Crippen LogP contribution in [0.15, 0.2) is 42.6 Å². The summed E-state index contributed by atoms with van der Waals surface area (Å²) in [5.74, 6) is -0.00881. The Balaban J connectivity index is 1.82. The van der Waals surface area contributed by atoms with Gasteiger partial charge >= 0.3 is 0 Å². The predicted molar refractivity (Wildman–Crippen MR) is 86.1 cm³/mol. The summed E-state index contributed by atoms with van der Waals surface area (Å²) in [6.07, 6.45) is 1.65. The van der Waals surface area contributed by atoms with Crippen LogP contribution in [-0.4, -0.2) is 34.6 Å². The van der Waals surface area contributed by atoms with Gasteiger partial charge in [-0.05, 0) is 18.6 Å². The lowest BCUT2D eigenvalue weighted by Gasteiger charge is -2.37. The van der Waals surface area contributed by atoms with Gasteiger partial charge in [0, 0.05) is 19.8 Å². The summed E-state index contributed by atoms with van der Waals surface area (Å²) in [5.41, 5.74) is 1.70. The SMILES string of the molecule is C[C@H]1CN(C(=O)c2cc(Cl)cn2C)C[C@H](c2ccccc2)O1. The summed E-state index contributed by atoms with van der Waals surface area (Å²) in [7, 11) is 1.83. The minimum absolute atomic E-state index is 0.00125. The van der Waals surface area contributed by atoms with Crippen molar-refractivity contribution in [3.05, 3.63) is 58.9 Å². The molecule has 1 saturated heterocycles. The predicted octanol–water partition coefficient (Wildman–Crippen LogP) is 3.28. The minimum Gasteiger partial charge on any atom is -0.367 e. The maximum absolute atomic E-state index is 12.7. The van der Waals surface area contributed by atoms with Crippen LogP contribution in [0, 0.1) is 0 Å². The third-order valence-electron chi connectivity index (χ3n) is 3.91. The Morgan fingerprint density at radius 1 is 1.27 bits per heavy atom. The molecule has 0 unspecified atom stereocenters. The maximum Gasteiger partial charge on any atom is 0.270 e. The van der Waals surface area contributed by atoms with E-state index in [1.54, 1.807) is 16.8 Å². The molecule has 0 aliphatic carbocycles. The monoisotopic (exact) mass is 318 g/mol. The molecule has 1 aliphatic rings. The van der Waals surface area contributed by atoms with E-state index < -0.39 is 0 Å². The first-order valence-electron chi connectivity index (χ1n) is 7.36. The fourth-order valence-corrected chi connectivity index (χ4v) is 3.12. The summed E-state index contributed by atoms with van der Waals surface area (Å²) in [6.45, 7) is 3.13. The molecular formula is C17H19ClN2O2. The van der Waals surface area contributed by atoms with E-state index in [1.165, 1.54) is 0 Å². The quantitative estimate of drug-likeness (QED) is 0.851. The van der Waals surface area contributed by atoms with Crippen LogP contribution in [0.2, 0.25) is 5.02 Å². The van der Waals surface area contributed by atoms with Crippen LogP contribution < -0.4 is 0 Å². The molecular weight excluding hydrogens is 300 g/mol. The fourth-order valence-electron chi connectivity index (χ4n) is 2.87. The second-order valence-electron chi connectivity index (χ2n) is 5.71. The molecule has 116 valence electrons. The third-order valence-corrected chi connectivity index (χ3v) is 4.12. The molecule has 1 fully saturated rings. The number of halogens is 1. The van der Waals surface area contributed by atoms with Gasteiger partial charge in [-0.15, -0.1) is 0 Å². The van der Waals surface area contributed by atoms with Crippen molar-refractivity contribution in [2.24, 2.45) is 7.05 Å². The lowest BCUT2D eigenvalue weighted by molar-refractivity contribution is -0.0693. The number of rotatable bonds is 2. The molecule has 22 heavy (non-hydrogen) atoms. The van der Waals surface area contributed by atoms with Crippen molar-refractivity contribution in [1.82, 2.24) is 9.47 Å². The van der Waals surface area contributed by atoms with Gasteiger partial charge in [-0.25, -0.2) is 0 Å². The highest BCUT2D eigenvalue weighted by atomic mass is 35.5. The van der Waals surface area contributed by atoms with Gasteiger partial charge in [0.05, 0.1) is 17.7 Å². The van der Waals surface area contributed by atoms with E-state index in [9.17, 15) is 4.79 Å². The van der Waals surface area contributed by atoms with E-state index in [-0.39, 0.29) is 18.1 Å². The normalized spacial score (nSPS) is 21.9. The molecule has 1 aromatic heterocycles. The highest BCUT2D eigenvalue weighted by Gasteiger charge is 2.30. The van der Waals surface area contributed by atoms with Crippen LogP contribution in [0.5, 0.6) is 0 Å². The number of hydrogen-bond acceptors (Lipinski definition) is 2. The van der Waals surface area contributed by atoms with E-state index >= 15 is 0 Å². The van der Waals surface area contributed by atoms with Crippen LogP contribution in [-0.2, 0) is 11.8 Å². The molecule has 0 spiro atoms. The Bertz CT molecular complexity index is 669. The highest BCUT2D eigenvalue weighted by Crippen LogP contribution is 2.26. The number of ether oxygens (including phenoxy) is 1. The molecule has 1 amide bonds. The summed E-state index contributed by atoms with van der Waals surface area (Å²) in [4.78, 5) is 14.6. The van der Waals surface area contributed by atoms with E-state index in [0.29, 0.717) is 23.8 Å². The Hall–Kier alpha value is -1.78. The molecule has 0 radical (unpaired) electrons. The molecule has 5 heteroatoms. The number of amides is 1. The van der Waals surface area contributed by atoms with Crippen LogP contribution in [0.3, 0.4) is 0 Å². The van der Waals surface area contributed by atoms with Crippen molar-refractivity contribution in [2.45, 2.75) is 19.1 Å². The molecule has 3 rings (SSSR count). The van der Waals surface area contributed by atoms with Gasteiger partial charge in [0.1, 0.15) is 11.8 Å². The van der Waals surface area contributed by atoms with Gasteiger partial charge in [-0.3, -0.25) is 4.79 Å². The van der Waals surface area contributed by atoms with Gasteiger partial charge in [0.2, 0.25) is 0 Å². The molecule has 4 nitrogen and oxygen atoms in total.